The Balaban J connectivity index is 2.14. The number of aromatic nitrogens is 4. The maximum absolute atomic E-state index is 13.1. The maximum atomic E-state index is 13.1. The van der Waals surface area contributed by atoms with Crippen molar-refractivity contribution in [3.63, 3.8) is 0 Å². The predicted molar refractivity (Wildman–Crippen MR) is 102 cm³/mol. The minimum absolute atomic E-state index is 0.0548. The molecular formula is C16H18Cl2N4O4S. The van der Waals surface area contributed by atoms with Crippen LogP contribution < -0.4 is 0 Å². The average molecular weight is 433 g/mol. The third-order valence-corrected chi connectivity index (χ3v) is 6.13. The molecule has 8 nitrogen and oxygen atoms in total. The Labute approximate surface area is 169 Å². The monoisotopic (exact) mass is 432 g/mol. The number of hydrogen-bond acceptors (Lipinski definition) is 8. The minimum atomic E-state index is -1.16. The van der Waals surface area contributed by atoms with Gasteiger partial charge in [0.05, 0.1) is 26.0 Å². The molecule has 27 heavy (non-hydrogen) atoms. The number of carbonyl (C=O) groups excluding carboxylic acids is 2. The molecule has 2 aromatic rings. The van der Waals surface area contributed by atoms with E-state index in [1.54, 1.807) is 30.2 Å². The highest BCUT2D eigenvalue weighted by atomic mass is 35.5. The summed E-state index contributed by atoms with van der Waals surface area (Å²) in [5.74, 6) is -0.182. The number of fused-ring (bicyclic) bond motifs is 1. The van der Waals surface area contributed by atoms with Crippen LogP contribution in [0.25, 0.3) is 11.2 Å². The van der Waals surface area contributed by atoms with Crippen molar-refractivity contribution in [3.05, 3.63) is 16.8 Å². The van der Waals surface area contributed by atoms with Crippen LogP contribution in [0.3, 0.4) is 0 Å². The Hall–Kier alpha value is -1.58. The maximum Gasteiger partial charge on any atom is 0.333 e. The first-order valence-electron chi connectivity index (χ1n) is 8.41. The molecule has 0 amide bonds. The van der Waals surface area contributed by atoms with E-state index in [0.29, 0.717) is 22.7 Å². The van der Waals surface area contributed by atoms with E-state index in [9.17, 15) is 9.59 Å². The topological polar surface area (TPSA) is 96.2 Å². The molecule has 1 fully saturated rings. The molecule has 1 aliphatic heterocycles. The fraction of sp³-hybridized carbons (Fsp3) is 0.562. The summed E-state index contributed by atoms with van der Waals surface area (Å²) in [4.78, 5) is 37.6. The van der Waals surface area contributed by atoms with Crippen molar-refractivity contribution in [2.24, 2.45) is 5.92 Å². The summed E-state index contributed by atoms with van der Waals surface area (Å²) >= 11 is 13.6. The highest BCUT2D eigenvalue weighted by Gasteiger charge is 2.54. The molecular weight excluding hydrogens is 415 g/mol. The van der Waals surface area contributed by atoms with Crippen LogP contribution in [-0.2, 0) is 24.6 Å². The van der Waals surface area contributed by atoms with Gasteiger partial charge in [-0.2, -0.15) is 16.7 Å². The summed E-state index contributed by atoms with van der Waals surface area (Å²) in [6.45, 7) is 3.96. The zero-order valence-electron chi connectivity index (χ0n) is 14.8. The van der Waals surface area contributed by atoms with Crippen molar-refractivity contribution >= 4 is 58.1 Å². The van der Waals surface area contributed by atoms with E-state index in [4.69, 9.17) is 32.7 Å². The highest BCUT2D eigenvalue weighted by Crippen LogP contribution is 2.44. The number of ether oxygens (including phenoxy) is 2. The van der Waals surface area contributed by atoms with Crippen LogP contribution in [0.2, 0.25) is 10.4 Å². The number of hydrogen-bond donors (Lipinski definition) is 0. The molecule has 0 radical (unpaired) electrons. The number of nitrogens with zero attached hydrogens (tertiary/aromatic N) is 4. The van der Waals surface area contributed by atoms with Gasteiger partial charge in [0.15, 0.2) is 16.3 Å². The van der Waals surface area contributed by atoms with Crippen molar-refractivity contribution in [1.82, 2.24) is 19.5 Å². The number of thioether (sulfide) groups is 1. The molecule has 146 valence electrons. The Morgan fingerprint density at radius 2 is 2.04 bits per heavy atom. The van der Waals surface area contributed by atoms with Crippen LogP contribution in [0.4, 0.5) is 0 Å². The number of esters is 2. The molecule has 11 heteroatoms. The molecule has 1 saturated heterocycles. The van der Waals surface area contributed by atoms with Gasteiger partial charge in [-0.1, -0.05) is 11.6 Å². The molecule has 3 rings (SSSR count). The van der Waals surface area contributed by atoms with Crippen LogP contribution in [0.5, 0.6) is 0 Å². The molecule has 3 heterocycles. The lowest BCUT2D eigenvalue weighted by atomic mass is 9.84. The second kappa shape index (κ2) is 8.20. The summed E-state index contributed by atoms with van der Waals surface area (Å²) in [6, 6.07) is 0. The molecule has 0 N–H and O–H groups in total. The van der Waals surface area contributed by atoms with Gasteiger partial charge < -0.3 is 9.47 Å². The number of halogens is 2. The first-order valence-corrected chi connectivity index (χ1v) is 10.3. The van der Waals surface area contributed by atoms with Crippen LogP contribution in [0, 0.1) is 5.92 Å². The molecule has 0 spiro atoms. The Kier molecular flexibility index (Phi) is 6.12. The second-order valence-corrected chi connectivity index (χ2v) is 7.66. The highest BCUT2D eigenvalue weighted by molar-refractivity contribution is 7.99. The van der Waals surface area contributed by atoms with Gasteiger partial charge in [0.25, 0.3) is 0 Å². The van der Waals surface area contributed by atoms with E-state index >= 15 is 0 Å². The molecule has 2 aromatic heterocycles. The van der Waals surface area contributed by atoms with Gasteiger partial charge in [-0.25, -0.2) is 14.8 Å². The smallest absolute Gasteiger partial charge is 0.333 e. The number of carbonyl (C=O) groups is 2. The predicted octanol–water partition coefficient (Wildman–Crippen LogP) is 2.71. The van der Waals surface area contributed by atoms with Gasteiger partial charge in [0.1, 0.15) is 5.52 Å². The standard InChI is InChI=1S/C16H18Cl2N4O4S/c1-3-25-10(23)5-9-6-27-7-16(9,14(24)26-4-2)22-8-19-11-12(17)20-15(18)21-13(11)22/h8-9H,3-7H2,1-2H3. The van der Waals surface area contributed by atoms with E-state index < -0.39 is 11.5 Å². The van der Waals surface area contributed by atoms with Gasteiger partial charge in [-0.3, -0.25) is 9.36 Å². The van der Waals surface area contributed by atoms with Crippen molar-refractivity contribution in [3.8, 4) is 0 Å². The second-order valence-electron chi connectivity index (χ2n) is 5.94. The molecule has 2 unspecified atom stereocenters. The lowest BCUT2D eigenvalue weighted by Gasteiger charge is -2.33. The summed E-state index contributed by atoms with van der Waals surface area (Å²) < 4.78 is 12.1. The van der Waals surface area contributed by atoms with Crippen molar-refractivity contribution < 1.29 is 19.1 Å². The number of imidazole rings is 1. The number of rotatable bonds is 6. The van der Waals surface area contributed by atoms with E-state index in [-0.39, 0.29) is 42.0 Å². The van der Waals surface area contributed by atoms with Crippen LogP contribution >= 0.6 is 35.0 Å². The average Bonchev–Trinajstić information content (AvgIpc) is 3.20. The first kappa shape index (κ1) is 20.2. The molecule has 0 aromatic carbocycles. The van der Waals surface area contributed by atoms with E-state index in [1.807, 2.05) is 0 Å². The lowest BCUT2D eigenvalue weighted by molar-refractivity contribution is -0.156. The van der Waals surface area contributed by atoms with Crippen LogP contribution in [0.15, 0.2) is 6.33 Å². The van der Waals surface area contributed by atoms with Crippen molar-refractivity contribution in [2.75, 3.05) is 24.7 Å². The van der Waals surface area contributed by atoms with Gasteiger partial charge in [-0.05, 0) is 31.2 Å². The zero-order chi connectivity index (χ0) is 19.6. The van der Waals surface area contributed by atoms with E-state index in [0.717, 1.165) is 0 Å². The first-order chi connectivity index (χ1) is 12.9. The van der Waals surface area contributed by atoms with Crippen LogP contribution in [0.1, 0.15) is 20.3 Å². The zero-order valence-corrected chi connectivity index (χ0v) is 17.1. The Morgan fingerprint density at radius 3 is 2.74 bits per heavy atom. The summed E-state index contributed by atoms with van der Waals surface area (Å²) in [7, 11) is 0. The lowest BCUT2D eigenvalue weighted by Crippen LogP contribution is -2.49. The SMILES string of the molecule is CCOC(=O)CC1CSCC1(C(=O)OCC)n1cnc2c(Cl)nc(Cl)nc21. The van der Waals surface area contributed by atoms with Crippen molar-refractivity contribution in [2.45, 2.75) is 25.8 Å². The molecule has 1 aliphatic rings. The summed E-state index contributed by atoms with van der Waals surface area (Å²) in [5.41, 5.74) is -0.510. The van der Waals surface area contributed by atoms with Gasteiger partial charge in [0.2, 0.25) is 5.28 Å². The third kappa shape index (κ3) is 3.60. The fourth-order valence-electron chi connectivity index (χ4n) is 3.24. The summed E-state index contributed by atoms with van der Waals surface area (Å²) in [5, 5.41) is 0.0382. The van der Waals surface area contributed by atoms with E-state index in [2.05, 4.69) is 15.0 Å². The third-order valence-electron chi connectivity index (χ3n) is 4.42. The van der Waals surface area contributed by atoms with Crippen molar-refractivity contribution in [1.29, 1.82) is 0 Å². The molecule has 2 atom stereocenters. The van der Waals surface area contributed by atoms with Crippen LogP contribution in [-0.4, -0.2) is 56.2 Å². The minimum Gasteiger partial charge on any atom is -0.466 e. The normalized spacial score (nSPS) is 22.1. The Bertz CT molecular complexity index is 877. The van der Waals surface area contributed by atoms with E-state index in [1.165, 1.54) is 6.33 Å². The van der Waals surface area contributed by atoms with Gasteiger partial charge >= 0.3 is 11.9 Å². The fourth-order valence-corrected chi connectivity index (χ4v) is 5.26. The molecule has 0 bridgehead atoms. The molecule has 0 aliphatic carbocycles. The largest absolute Gasteiger partial charge is 0.466 e. The quantitative estimate of drug-likeness (QED) is 0.390. The molecule has 0 saturated carbocycles. The summed E-state index contributed by atoms with van der Waals surface area (Å²) in [6.07, 6.45) is 1.55. The van der Waals surface area contributed by atoms with Gasteiger partial charge in [-0.15, -0.1) is 0 Å². The Morgan fingerprint density at radius 1 is 1.30 bits per heavy atom. The van der Waals surface area contributed by atoms with Gasteiger partial charge in [0, 0.05) is 11.7 Å².